The zero-order valence-electron chi connectivity index (χ0n) is 11.6. The number of carboxylic acids is 1. The average Bonchev–Trinajstić information content (AvgIpc) is 2.94. The number of rotatable bonds is 4. The van der Waals surface area contributed by atoms with Crippen molar-refractivity contribution in [3.63, 3.8) is 0 Å². The van der Waals surface area contributed by atoms with Crippen molar-refractivity contribution in [1.29, 1.82) is 0 Å². The molecule has 0 saturated heterocycles. The maximum atomic E-state index is 12.4. The Morgan fingerprint density at radius 1 is 1.43 bits per heavy atom. The van der Waals surface area contributed by atoms with E-state index in [0.29, 0.717) is 22.3 Å². The van der Waals surface area contributed by atoms with Crippen molar-refractivity contribution in [2.24, 2.45) is 0 Å². The van der Waals surface area contributed by atoms with E-state index < -0.39 is 5.97 Å². The second-order valence-corrected chi connectivity index (χ2v) is 6.32. The second-order valence-electron chi connectivity index (χ2n) is 5.27. The molecule has 3 rings (SSSR count). The summed E-state index contributed by atoms with van der Waals surface area (Å²) in [7, 11) is 0. The normalized spacial score (nSPS) is 14.7. The Kier molecular flexibility index (Phi) is 3.55. The predicted octanol–water partition coefficient (Wildman–Crippen LogP) is 3.53. The second kappa shape index (κ2) is 5.37. The van der Waals surface area contributed by atoms with Crippen LogP contribution in [0, 0.1) is 6.92 Å². The van der Waals surface area contributed by atoms with Crippen molar-refractivity contribution in [1.82, 2.24) is 4.57 Å². The van der Waals surface area contributed by atoms with Crippen LogP contribution in [0.15, 0.2) is 24.4 Å². The van der Waals surface area contributed by atoms with Crippen LogP contribution in [0.1, 0.15) is 51.0 Å². The zero-order valence-corrected chi connectivity index (χ0v) is 12.4. The lowest BCUT2D eigenvalue weighted by atomic mass is 9.93. The lowest BCUT2D eigenvalue weighted by Gasteiger charge is -2.28. The van der Waals surface area contributed by atoms with Gasteiger partial charge in [0, 0.05) is 12.2 Å². The Labute approximate surface area is 126 Å². The number of nitrogens with zero attached hydrogens (tertiary/aromatic N) is 1. The highest BCUT2D eigenvalue weighted by atomic mass is 32.1. The number of anilines is 1. The van der Waals surface area contributed by atoms with Crippen LogP contribution in [0.5, 0.6) is 0 Å². The van der Waals surface area contributed by atoms with Crippen LogP contribution in [0.3, 0.4) is 0 Å². The number of hydrogen-bond acceptors (Lipinski definition) is 3. The number of aromatic nitrogens is 1. The molecule has 0 bridgehead atoms. The fourth-order valence-electron chi connectivity index (χ4n) is 2.50. The number of carbonyl (C=O) groups is 2. The average molecular weight is 304 g/mol. The first-order valence-corrected chi connectivity index (χ1v) is 7.70. The van der Waals surface area contributed by atoms with Crippen LogP contribution in [-0.4, -0.2) is 21.6 Å². The van der Waals surface area contributed by atoms with Crippen molar-refractivity contribution in [3.8, 4) is 0 Å². The first kappa shape index (κ1) is 13.9. The maximum absolute atomic E-state index is 12.4. The van der Waals surface area contributed by atoms with Crippen LogP contribution in [0.2, 0.25) is 0 Å². The summed E-state index contributed by atoms with van der Waals surface area (Å²) < 4.78 is 2.01. The molecule has 2 aromatic rings. The minimum absolute atomic E-state index is 0.190. The molecular formula is C15H16N2O3S. The summed E-state index contributed by atoms with van der Waals surface area (Å²) >= 11 is 1.09. The van der Waals surface area contributed by atoms with Gasteiger partial charge in [-0.3, -0.25) is 4.79 Å². The molecule has 1 fully saturated rings. The highest BCUT2D eigenvalue weighted by Gasteiger charge is 2.23. The molecule has 1 saturated carbocycles. The molecule has 6 heteroatoms. The van der Waals surface area contributed by atoms with Gasteiger partial charge in [-0.1, -0.05) is 0 Å². The molecule has 2 aromatic heterocycles. The number of aryl methyl sites for hydroxylation is 1. The summed E-state index contributed by atoms with van der Waals surface area (Å²) in [6.07, 6.45) is 5.35. The molecule has 0 aromatic carbocycles. The number of nitrogens with one attached hydrogen (secondary N) is 1. The largest absolute Gasteiger partial charge is 0.477 e. The zero-order chi connectivity index (χ0) is 15.0. The number of amides is 1. The molecule has 5 nitrogen and oxygen atoms in total. The van der Waals surface area contributed by atoms with Crippen molar-refractivity contribution in [3.05, 3.63) is 40.5 Å². The topological polar surface area (TPSA) is 71.3 Å². The van der Waals surface area contributed by atoms with Crippen LogP contribution in [0.25, 0.3) is 0 Å². The van der Waals surface area contributed by atoms with E-state index in [0.717, 1.165) is 24.2 Å². The van der Waals surface area contributed by atoms with Crippen LogP contribution in [-0.2, 0) is 0 Å². The van der Waals surface area contributed by atoms with E-state index in [1.165, 1.54) is 6.42 Å². The lowest BCUT2D eigenvalue weighted by Crippen LogP contribution is -2.23. The molecular weight excluding hydrogens is 288 g/mol. The predicted molar refractivity (Wildman–Crippen MR) is 81.3 cm³/mol. The molecule has 0 aliphatic heterocycles. The molecule has 1 amide bonds. The summed E-state index contributed by atoms with van der Waals surface area (Å²) in [5, 5.41) is 12.4. The van der Waals surface area contributed by atoms with Gasteiger partial charge < -0.3 is 15.0 Å². The Morgan fingerprint density at radius 3 is 2.76 bits per heavy atom. The molecule has 0 radical (unpaired) electrons. The Morgan fingerprint density at radius 2 is 2.19 bits per heavy atom. The number of thiophene rings is 1. The standard InChI is InChI=1S/C15H16N2O3S/c1-9-8-12(21-13(9)15(19)20)16-14(18)11-6-3-7-17(11)10-4-2-5-10/h3,6-8,10H,2,4-5H2,1H3,(H,16,18)(H,19,20). The third-order valence-corrected chi connectivity index (χ3v) is 4.97. The van der Waals surface area contributed by atoms with E-state index >= 15 is 0 Å². The summed E-state index contributed by atoms with van der Waals surface area (Å²) in [6, 6.07) is 5.78. The molecule has 2 heterocycles. The number of aromatic carboxylic acids is 1. The maximum Gasteiger partial charge on any atom is 0.346 e. The van der Waals surface area contributed by atoms with Gasteiger partial charge >= 0.3 is 5.97 Å². The fourth-order valence-corrected chi connectivity index (χ4v) is 3.41. The summed E-state index contributed by atoms with van der Waals surface area (Å²) in [6.45, 7) is 1.73. The van der Waals surface area contributed by atoms with Gasteiger partial charge in [0.1, 0.15) is 10.6 Å². The first-order valence-electron chi connectivity index (χ1n) is 6.88. The monoisotopic (exact) mass is 304 g/mol. The third kappa shape index (κ3) is 2.58. The summed E-state index contributed by atoms with van der Waals surface area (Å²) in [5.74, 6) is -1.15. The molecule has 2 N–H and O–H groups in total. The Balaban J connectivity index is 1.79. The van der Waals surface area contributed by atoms with Crippen molar-refractivity contribution in [2.45, 2.75) is 32.2 Å². The Bertz CT molecular complexity index is 698. The highest BCUT2D eigenvalue weighted by molar-refractivity contribution is 7.18. The van der Waals surface area contributed by atoms with Gasteiger partial charge in [-0.2, -0.15) is 0 Å². The highest BCUT2D eigenvalue weighted by Crippen LogP contribution is 2.33. The SMILES string of the molecule is Cc1cc(NC(=O)c2cccn2C2CCC2)sc1C(=O)O. The van der Waals surface area contributed by atoms with Gasteiger partial charge in [-0.15, -0.1) is 11.3 Å². The molecule has 0 unspecified atom stereocenters. The smallest absolute Gasteiger partial charge is 0.346 e. The first-order chi connectivity index (χ1) is 10.1. The van der Waals surface area contributed by atoms with Crippen molar-refractivity contribution in [2.75, 3.05) is 5.32 Å². The Hall–Kier alpha value is -2.08. The minimum Gasteiger partial charge on any atom is -0.477 e. The quantitative estimate of drug-likeness (QED) is 0.907. The fraction of sp³-hybridized carbons (Fsp3) is 0.333. The summed E-state index contributed by atoms with van der Waals surface area (Å²) in [5.41, 5.74) is 1.29. The molecule has 1 aliphatic carbocycles. The van der Waals surface area contributed by atoms with Crippen LogP contribution in [0.4, 0.5) is 5.00 Å². The van der Waals surface area contributed by atoms with Gasteiger partial charge in [-0.05, 0) is 49.9 Å². The molecule has 0 atom stereocenters. The number of hydrogen-bond donors (Lipinski definition) is 2. The molecule has 1 aliphatic rings. The number of carbonyl (C=O) groups excluding carboxylic acids is 1. The molecule has 110 valence electrons. The van der Waals surface area contributed by atoms with Crippen LogP contribution < -0.4 is 5.32 Å². The van der Waals surface area contributed by atoms with Gasteiger partial charge in [0.15, 0.2) is 0 Å². The van der Waals surface area contributed by atoms with Crippen molar-refractivity contribution < 1.29 is 14.7 Å². The van der Waals surface area contributed by atoms with Crippen LogP contribution >= 0.6 is 11.3 Å². The van der Waals surface area contributed by atoms with Crippen molar-refractivity contribution >= 4 is 28.2 Å². The van der Waals surface area contributed by atoms with E-state index in [1.807, 2.05) is 16.8 Å². The van der Waals surface area contributed by atoms with E-state index in [2.05, 4.69) is 5.32 Å². The van der Waals surface area contributed by atoms with Gasteiger partial charge in [-0.25, -0.2) is 4.79 Å². The van der Waals surface area contributed by atoms with E-state index in [9.17, 15) is 9.59 Å². The molecule has 21 heavy (non-hydrogen) atoms. The minimum atomic E-state index is -0.962. The lowest BCUT2D eigenvalue weighted by molar-refractivity contribution is 0.0701. The number of carboxylic acid groups (broad SMARTS) is 1. The van der Waals surface area contributed by atoms with E-state index in [4.69, 9.17) is 5.11 Å². The van der Waals surface area contributed by atoms with E-state index in [1.54, 1.807) is 19.1 Å². The van der Waals surface area contributed by atoms with Gasteiger partial charge in [0.25, 0.3) is 5.91 Å². The molecule has 0 spiro atoms. The summed E-state index contributed by atoms with van der Waals surface area (Å²) in [4.78, 5) is 23.7. The van der Waals surface area contributed by atoms with Gasteiger partial charge in [0.05, 0.1) is 5.00 Å². The third-order valence-electron chi connectivity index (χ3n) is 3.83. The van der Waals surface area contributed by atoms with E-state index in [-0.39, 0.29) is 10.8 Å². The van der Waals surface area contributed by atoms with Gasteiger partial charge in [0.2, 0.25) is 0 Å².